The number of aromatic nitrogens is 3. The van der Waals surface area contributed by atoms with Crippen LogP contribution < -0.4 is 10.6 Å². The van der Waals surface area contributed by atoms with E-state index < -0.39 is 0 Å². The summed E-state index contributed by atoms with van der Waals surface area (Å²) in [4.78, 5) is 16.6. The molecule has 2 N–H and O–H groups in total. The number of hydrogen-bond acceptors (Lipinski definition) is 4. The molecule has 1 amide bonds. The zero-order valence-corrected chi connectivity index (χ0v) is 16.3. The molecule has 5 rings (SSSR count). The molecular formula is C22H18ClN5O. The molecule has 0 saturated heterocycles. The van der Waals surface area contributed by atoms with E-state index in [0.717, 1.165) is 23.9 Å². The molecule has 1 heterocycles. The van der Waals surface area contributed by atoms with Gasteiger partial charge in [0.25, 0.3) is 0 Å². The van der Waals surface area contributed by atoms with Gasteiger partial charge in [0.05, 0.1) is 17.9 Å². The number of benzene rings is 3. The molecule has 29 heavy (non-hydrogen) atoms. The Labute approximate surface area is 172 Å². The second-order valence-electron chi connectivity index (χ2n) is 7.02. The molecule has 1 aromatic heterocycles. The van der Waals surface area contributed by atoms with Gasteiger partial charge in [-0.25, -0.2) is 9.67 Å². The highest BCUT2D eigenvalue weighted by atomic mass is 35.5. The smallest absolute Gasteiger partial charge is 0.243 e. The average molecular weight is 404 g/mol. The van der Waals surface area contributed by atoms with E-state index in [1.54, 1.807) is 29.2 Å². The van der Waals surface area contributed by atoms with Gasteiger partial charge in [-0.1, -0.05) is 35.9 Å². The highest BCUT2D eigenvalue weighted by Crippen LogP contribution is 2.35. The minimum atomic E-state index is -0.170. The van der Waals surface area contributed by atoms with Gasteiger partial charge in [0, 0.05) is 16.1 Å². The third-order valence-corrected chi connectivity index (χ3v) is 5.45. The third kappa shape index (κ3) is 3.32. The molecule has 0 saturated carbocycles. The van der Waals surface area contributed by atoms with Crippen LogP contribution in [0.4, 0.5) is 11.4 Å². The van der Waals surface area contributed by atoms with Gasteiger partial charge < -0.3 is 10.6 Å². The number of rotatable bonds is 5. The lowest BCUT2D eigenvalue weighted by molar-refractivity contribution is -0.114. The summed E-state index contributed by atoms with van der Waals surface area (Å²) in [5.41, 5.74) is 5.00. The predicted molar refractivity (Wildman–Crippen MR) is 115 cm³/mol. The van der Waals surface area contributed by atoms with Gasteiger partial charge in [-0.15, -0.1) is 0 Å². The minimum Gasteiger partial charge on any atom is -0.376 e. The molecule has 7 heteroatoms. The first-order chi connectivity index (χ1) is 14.2. The van der Waals surface area contributed by atoms with Crippen molar-refractivity contribution in [3.63, 3.8) is 0 Å². The van der Waals surface area contributed by atoms with Crippen LogP contribution in [0.5, 0.6) is 0 Å². The maximum absolute atomic E-state index is 12.6. The highest BCUT2D eigenvalue weighted by Gasteiger charge is 2.16. The van der Waals surface area contributed by atoms with Gasteiger partial charge >= 0.3 is 0 Å². The molecular weight excluding hydrogens is 386 g/mol. The van der Waals surface area contributed by atoms with E-state index in [9.17, 15) is 4.79 Å². The van der Waals surface area contributed by atoms with Crippen molar-refractivity contribution in [1.82, 2.24) is 14.8 Å². The van der Waals surface area contributed by atoms with Crippen molar-refractivity contribution in [1.29, 1.82) is 0 Å². The van der Waals surface area contributed by atoms with E-state index in [-0.39, 0.29) is 12.5 Å². The summed E-state index contributed by atoms with van der Waals surface area (Å²) >= 11 is 6.12. The number of amides is 1. The Balaban J connectivity index is 1.36. The predicted octanol–water partition coefficient (Wildman–Crippen LogP) is 4.22. The Bertz CT molecular complexity index is 1210. The van der Waals surface area contributed by atoms with Gasteiger partial charge in [0.1, 0.15) is 12.7 Å². The topological polar surface area (TPSA) is 71.8 Å². The molecule has 0 radical (unpaired) electrons. The fourth-order valence-electron chi connectivity index (χ4n) is 3.91. The zero-order chi connectivity index (χ0) is 19.8. The summed E-state index contributed by atoms with van der Waals surface area (Å²) < 4.78 is 1.59. The van der Waals surface area contributed by atoms with Gasteiger partial charge in [0.15, 0.2) is 0 Å². The van der Waals surface area contributed by atoms with Gasteiger partial charge in [-0.2, -0.15) is 5.10 Å². The molecule has 0 spiro atoms. The van der Waals surface area contributed by atoms with Gasteiger partial charge in [-0.3, -0.25) is 4.79 Å². The number of nitrogens with zero attached hydrogens (tertiary/aromatic N) is 3. The molecule has 4 aromatic rings. The summed E-state index contributed by atoms with van der Waals surface area (Å²) in [6.07, 6.45) is 5.17. The maximum Gasteiger partial charge on any atom is 0.243 e. The normalized spacial score (nSPS) is 12.3. The number of carbonyl (C=O) groups is 1. The molecule has 3 aromatic carbocycles. The Morgan fingerprint density at radius 2 is 1.93 bits per heavy atom. The van der Waals surface area contributed by atoms with Crippen molar-refractivity contribution in [2.75, 3.05) is 17.2 Å². The molecule has 0 bridgehead atoms. The van der Waals surface area contributed by atoms with Crippen molar-refractivity contribution in [3.8, 4) is 5.69 Å². The Morgan fingerprint density at radius 3 is 2.76 bits per heavy atom. The van der Waals surface area contributed by atoms with Crippen LogP contribution in [-0.2, 0) is 17.6 Å². The molecule has 0 aliphatic heterocycles. The van der Waals surface area contributed by atoms with Crippen molar-refractivity contribution >= 4 is 39.7 Å². The number of hydrogen-bond donors (Lipinski definition) is 2. The summed E-state index contributed by atoms with van der Waals surface area (Å²) in [7, 11) is 0. The lowest BCUT2D eigenvalue weighted by atomic mass is 10.0. The number of aryl methyl sites for hydroxylation is 2. The molecule has 1 aliphatic rings. The van der Waals surface area contributed by atoms with E-state index in [1.165, 1.54) is 22.8 Å². The van der Waals surface area contributed by atoms with E-state index in [0.29, 0.717) is 16.4 Å². The van der Waals surface area contributed by atoms with Gasteiger partial charge in [-0.05, 0) is 53.6 Å². The Morgan fingerprint density at radius 1 is 1.07 bits per heavy atom. The van der Waals surface area contributed by atoms with Crippen LogP contribution >= 0.6 is 11.6 Å². The summed E-state index contributed by atoms with van der Waals surface area (Å²) in [5, 5.41) is 13.3. The molecule has 6 nitrogen and oxygen atoms in total. The monoisotopic (exact) mass is 403 g/mol. The van der Waals surface area contributed by atoms with E-state index in [4.69, 9.17) is 11.6 Å². The second-order valence-corrected chi connectivity index (χ2v) is 7.45. The third-order valence-electron chi connectivity index (χ3n) is 5.21. The molecule has 0 fully saturated rings. The summed E-state index contributed by atoms with van der Waals surface area (Å²) in [5.74, 6) is -0.170. The molecule has 0 atom stereocenters. The largest absolute Gasteiger partial charge is 0.376 e. The molecule has 144 valence electrons. The van der Waals surface area contributed by atoms with Crippen LogP contribution in [-0.4, -0.2) is 27.2 Å². The van der Waals surface area contributed by atoms with E-state index >= 15 is 0 Å². The van der Waals surface area contributed by atoms with E-state index in [2.05, 4.69) is 51.0 Å². The van der Waals surface area contributed by atoms with Crippen molar-refractivity contribution in [2.24, 2.45) is 0 Å². The van der Waals surface area contributed by atoms with Crippen molar-refractivity contribution in [3.05, 3.63) is 77.3 Å². The lowest BCUT2D eigenvalue weighted by Crippen LogP contribution is -2.22. The standard InChI is InChI=1S/C22H18ClN5O/c23-16-7-9-20(28-13-24-12-26-28)19(10-16)27-21(29)11-25-18-8-6-15-5-4-14-2-1-3-17(18)22(14)15/h1-3,6-10,12-13,25H,4-5,11H2,(H,27,29). The zero-order valence-electron chi connectivity index (χ0n) is 15.5. The summed E-state index contributed by atoms with van der Waals surface area (Å²) in [6, 6.07) is 15.8. The number of carbonyl (C=O) groups excluding carboxylic acids is 1. The molecule has 1 aliphatic carbocycles. The van der Waals surface area contributed by atoms with Crippen LogP contribution in [0.25, 0.3) is 16.5 Å². The first-order valence-electron chi connectivity index (χ1n) is 9.41. The average Bonchev–Trinajstić information content (AvgIpc) is 3.39. The summed E-state index contributed by atoms with van der Waals surface area (Å²) in [6.45, 7) is 0.141. The second kappa shape index (κ2) is 7.22. The lowest BCUT2D eigenvalue weighted by Gasteiger charge is -2.14. The van der Waals surface area contributed by atoms with E-state index in [1.807, 2.05) is 0 Å². The minimum absolute atomic E-state index is 0.141. The fourth-order valence-corrected chi connectivity index (χ4v) is 4.08. The SMILES string of the molecule is O=C(CNc1ccc2c3c(cccc13)CC2)Nc1cc(Cl)ccc1-n1cncn1. The van der Waals surface area contributed by atoms with Gasteiger partial charge in [0.2, 0.25) is 5.91 Å². The fraction of sp³-hybridized carbons (Fsp3) is 0.136. The Kier molecular flexibility index (Phi) is 4.41. The highest BCUT2D eigenvalue weighted by molar-refractivity contribution is 6.31. The number of halogens is 1. The number of anilines is 2. The number of nitrogens with one attached hydrogen (secondary N) is 2. The maximum atomic E-state index is 12.6. The van der Waals surface area contributed by atoms with Crippen molar-refractivity contribution in [2.45, 2.75) is 12.8 Å². The quantitative estimate of drug-likeness (QED) is 0.523. The van der Waals surface area contributed by atoms with Crippen LogP contribution in [0.1, 0.15) is 11.1 Å². The van der Waals surface area contributed by atoms with Crippen LogP contribution in [0.15, 0.2) is 61.2 Å². The van der Waals surface area contributed by atoms with Crippen LogP contribution in [0.2, 0.25) is 5.02 Å². The van der Waals surface area contributed by atoms with Crippen molar-refractivity contribution < 1.29 is 4.79 Å². The van der Waals surface area contributed by atoms with Crippen LogP contribution in [0, 0.1) is 0 Å². The van der Waals surface area contributed by atoms with Crippen LogP contribution in [0.3, 0.4) is 0 Å². The first kappa shape index (κ1) is 17.7. The molecule has 0 unspecified atom stereocenters. The first-order valence-corrected chi connectivity index (χ1v) is 9.78. The Hall–Kier alpha value is -3.38.